The lowest BCUT2D eigenvalue weighted by molar-refractivity contribution is -0.143. The second-order valence-corrected chi connectivity index (χ2v) is 7.99. The number of unbranched alkanes of at least 4 members (excludes halogenated alkanes) is 15. The smallest absolute Gasteiger partial charge is 0.305 e. The van der Waals surface area contributed by atoms with Gasteiger partial charge in [0.1, 0.15) is 0 Å². The van der Waals surface area contributed by atoms with Gasteiger partial charge in [-0.15, -0.1) is 0 Å². The highest BCUT2D eigenvalue weighted by Gasteiger charge is 2.01. The molecule has 28 heavy (non-hydrogen) atoms. The summed E-state index contributed by atoms with van der Waals surface area (Å²) in [7, 11) is -3.12. The molecular formula is C22H46O5S. The molecule has 0 amide bonds. The Morgan fingerprint density at radius 2 is 0.964 bits per heavy atom. The van der Waals surface area contributed by atoms with E-state index in [1.54, 1.807) is 0 Å². The Bertz CT molecular complexity index is 375. The van der Waals surface area contributed by atoms with Gasteiger partial charge < -0.3 is 4.74 Å². The molecule has 0 aliphatic rings. The van der Waals surface area contributed by atoms with E-state index in [0.29, 0.717) is 13.0 Å². The molecule has 0 aromatic rings. The first-order chi connectivity index (χ1) is 13.5. The third-order valence-corrected chi connectivity index (χ3v) is 4.75. The summed E-state index contributed by atoms with van der Waals surface area (Å²) < 4.78 is 29.5. The van der Waals surface area contributed by atoms with E-state index in [1.165, 1.54) is 83.5 Å². The van der Waals surface area contributed by atoms with Crippen LogP contribution in [0.2, 0.25) is 0 Å². The summed E-state index contributed by atoms with van der Waals surface area (Å²) in [5, 5.41) is 0. The van der Waals surface area contributed by atoms with Gasteiger partial charge in [-0.25, -0.2) is 8.42 Å². The Kier molecular flexibility index (Phi) is 27.9. The van der Waals surface area contributed by atoms with Gasteiger partial charge in [0.05, 0.1) is 6.61 Å². The number of rotatable bonds is 19. The molecule has 0 aromatic carbocycles. The predicted molar refractivity (Wildman–Crippen MR) is 118 cm³/mol. The number of hydrogen-bond acceptors (Lipinski definition) is 4. The van der Waals surface area contributed by atoms with Gasteiger partial charge in [-0.3, -0.25) is 9.35 Å². The predicted octanol–water partition coefficient (Wildman–Crippen LogP) is 6.66. The maximum atomic E-state index is 11.4. The van der Waals surface area contributed by atoms with Crippen molar-refractivity contribution in [3.8, 4) is 0 Å². The second kappa shape index (κ2) is 26.4. The van der Waals surface area contributed by atoms with E-state index >= 15 is 0 Å². The van der Waals surface area contributed by atoms with Crippen LogP contribution < -0.4 is 0 Å². The molecule has 0 saturated heterocycles. The fourth-order valence-corrected chi connectivity index (χ4v) is 3.07. The molecule has 170 valence electrons. The summed E-state index contributed by atoms with van der Waals surface area (Å²) in [5.41, 5.74) is 0. The normalized spacial score (nSPS) is 10.6. The first-order valence-corrected chi connectivity index (χ1v) is 12.7. The van der Waals surface area contributed by atoms with Crippen molar-refractivity contribution >= 4 is 17.0 Å². The zero-order valence-corrected chi connectivity index (χ0v) is 19.4. The Morgan fingerprint density at radius 3 is 1.36 bits per heavy atom. The van der Waals surface area contributed by atoms with E-state index in [-0.39, 0.29) is 5.97 Å². The molecular weight excluding hydrogens is 376 g/mol. The average Bonchev–Trinajstić information content (AvgIpc) is 2.64. The topological polar surface area (TPSA) is 80.7 Å². The van der Waals surface area contributed by atoms with Crippen molar-refractivity contribution in [1.29, 1.82) is 0 Å². The maximum Gasteiger partial charge on any atom is 0.305 e. The number of hydrogen-bond donors (Lipinski definition) is 2. The van der Waals surface area contributed by atoms with Crippen LogP contribution in [0, 0.1) is 0 Å². The number of carbonyl (C=O) groups excluding carboxylic acids is 1. The molecule has 0 unspecified atom stereocenters. The van der Waals surface area contributed by atoms with Crippen LogP contribution in [0.15, 0.2) is 0 Å². The summed E-state index contributed by atoms with van der Waals surface area (Å²) in [6.45, 7) is 5.06. The van der Waals surface area contributed by atoms with Crippen molar-refractivity contribution in [2.75, 3.05) is 6.61 Å². The SMILES string of the molecule is CCCCCCCCCCCCCCCCOC(=O)CCCCC.O=[SH](=O)O. The van der Waals surface area contributed by atoms with Gasteiger partial charge in [0.15, 0.2) is 0 Å². The second-order valence-electron chi connectivity index (χ2n) is 7.51. The van der Waals surface area contributed by atoms with Crippen molar-refractivity contribution < 1.29 is 22.5 Å². The maximum absolute atomic E-state index is 11.4. The van der Waals surface area contributed by atoms with Gasteiger partial charge in [0, 0.05) is 6.42 Å². The third kappa shape index (κ3) is 33.0. The minimum Gasteiger partial charge on any atom is -0.466 e. The number of esters is 1. The van der Waals surface area contributed by atoms with E-state index in [2.05, 4.69) is 13.8 Å². The minimum atomic E-state index is -3.12. The molecule has 0 atom stereocenters. The van der Waals surface area contributed by atoms with Gasteiger partial charge in [-0.1, -0.05) is 110 Å². The highest BCUT2D eigenvalue weighted by molar-refractivity contribution is 7.66. The van der Waals surface area contributed by atoms with Crippen LogP contribution in [0.4, 0.5) is 0 Å². The summed E-state index contributed by atoms with van der Waals surface area (Å²) in [4.78, 5) is 11.4. The first kappa shape index (κ1) is 29.6. The largest absolute Gasteiger partial charge is 0.466 e. The summed E-state index contributed by atoms with van der Waals surface area (Å²) in [6.07, 6.45) is 22.9. The van der Waals surface area contributed by atoms with Crippen LogP contribution in [-0.4, -0.2) is 25.5 Å². The molecule has 0 radical (unpaired) electrons. The van der Waals surface area contributed by atoms with E-state index in [4.69, 9.17) is 17.7 Å². The highest BCUT2D eigenvalue weighted by atomic mass is 32.2. The quantitative estimate of drug-likeness (QED) is 0.105. The molecule has 0 spiro atoms. The number of carbonyl (C=O) groups is 1. The summed E-state index contributed by atoms with van der Waals surface area (Å²) >= 11 is 0. The van der Waals surface area contributed by atoms with Crippen molar-refractivity contribution in [3.63, 3.8) is 0 Å². The molecule has 0 aliphatic heterocycles. The highest BCUT2D eigenvalue weighted by Crippen LogP contribution is 2.13. The molecule has 0 heterocycles. The van der Waals surface area contributed by atoms with Gasteiger partial charge in [-0.05, 0) is 12.8 Å². The molecule has 1 N–H and O–H groups in total. The van der Waals surface area contributed by atoms with E-state index < -0.39 is 11.0 Å². The lowest BCUT2D eigenvalue weighted by Gasteiger charge is -2.05. The Labute approximate surface area is 175 Å². The zero-order valence-electron chi connectivity index (χ0n) is 18.5. The lowest BCUT2D eigenvalue weighted by atomic mass is 10.0. The monoisotopic (exact) mass is 422 g/mol. The Balaban J connectivity index is 0. The first-order valence-electron chi connectivity index (χ1n) is 11.5. The van der Waals surface area contributed by atoms with Crippen LogP contribution >= 0.6 is 0 Å². The van der Waals surface area contributed by atoms with Crippen molar-refractivity contribution in [3.05, 3.63) is 0 Å². The van der Waals surface area contributed by atoms with E-state index in [1.807, 2.05) is 0 Å². The minimum absolute atomic E-state index is 0.00172. The molecule has 0 fully saturated rings. The van der Waals surface area contributed by atoms with Gasteiger partial charge in [-0.2, -0.15) is 0 Å². The van der Waals surface area contributed by atoms with Crippen LogP contribution in [0.1, 0.15) is 129 Å². The van der Waals surface area contributed by atoms with Crippen molar-refractivity contribution in [2.24, 2.45) is 0 Å². The lowest BCUT2D eigenvalue weighted by Crippen LogP contribution is -2.05. The molecule has 0 saturated carbocycles. The summed E-state index contributed by atoms with van der Waals surface area (Å²) in [5.74, 6) is -0.00172. The average molecular weight is 423 g/mol. The molecule has 5 nitrogen and oxygen atoms in total. The van der Waals surface area contributed by atoms with Crippen LogP contribution in [0.5, 0.6) is 0 Å². The van der Waals surface area contributed by atoms with E-state index in [9.17, 15) is 4.79 Å². The fourth-order valence-electron chi connectivity index (χ4n) is 3.07. The van der Waals surface area contributed by atoms with Gasteiger partial charge >= 0.3 is 5.97 Å². The Hall–Kier alpha value is -0.620. The van der Waals surface area contributed by atoms with Crippen molar-refractivity contribution in [1.82, 2.24) is 0 Å². The molecule has 0 aliphatic carbocycles. The third-order valence-electron chi connectivity index (χ3n) is 4.75. The van der Waals surface area contributed by atoms with Gasteiger partial charge in [0.2, 0.25) is 0 Å². The fraction of sp³-hybridized carbons (Fsp3) is 0.955. The molecule has 0 aromatic heterocycles. The zero-order chi connectivity index (χ0) is 21.3. The number of ether oxygens (including phenoxy) is 1. The summed E-state index contributed by atoms with van der Waals surface area (Å²) in [6, 6.07) is 0. The molecule has 0 bridgehead atoms. The van der Waals surface area contributed by atoms with Gasteiger partial charge in [0.25, 0.3) is 11.0 Å². The Morgan fingerprint density at radius 1 is 0.643 bits per heavy atom. The number of thiol groups is 1. The standard InChI is InChI=1S/C22H44O2.H2O3S/c1-3-5-7-8-9-10-11-12-13-14-15-16-17-19-21-24-22(23)20-18-6-4-2;1-4(2)3/h3-21H2,1-2H3;4H,(H,1,2,3). The molecule has 0 rings (SSSR count). The van der Waals surface area contributed by atoms with Crippen LogP contribution in [0.25, 0.3) is 0 Å². The van der Waals surface area contributed by atoms with Crippen LogP contribution in [-0.2, 0) is 20.5 Å². The van der Waals surface area contributed by atoms with E-state index in [0.717, 1.165) is 25.7 Å². The van der Waals surface area contributed by atoms with Crippen LogP contribution in [0.3, 0.4) is 0 Å². The van der Waals surface area contributed by atoms with Crippen molar-refractivity contribution in [2.45, 2.75) is 129 Å². The molecule has 6 heteroatoms.